The number of rotatable bonds is 8. The third-order valence-electron chi connectivity index (χ3n) is 6.19. The number of benzene rings is 2. The largest absolute Gasteiger partial charge is 0.418 e. The van der Waals surface area contributed by atoms with Gasteiger partial charge in [0.25, 0.3) is 0 Å². The fourth-order valence-corrected chi connectivity index (χ4v) is 3.87. The number of ketones is 1. The lowest BCUT2D eigenvalue weighted by atomic mass is 9.95. The Morgan fingerprint density at radius 3 is 2.33 bits per heavy atom. The second-order valence-electron chi connectivity index (χ2n) is 9.06. The van der Waals surface area contributed by atoms with Crippen LogP contribution in [0.15, 0.2) is 48.8 Å². The summed E-state index contributed by atoms with van der Waals surface area (Å²) in [4.78, 5) is 33.3. The van der Waals surface area contributed by atoms with Gasteiger partial charge in [-0.2, -0.15) is 13.2 Å². The highest BCUT2D eigenvalue weighted by Gasteiger charge is 2.51. The number of hydrogen-bond acceptors (Lipinski definition) is 5. The molecule has 0 unspecified atom stereocenters. The molecule has 1 aliphatic carbocycles. The Hall–Kier alpha value is -3.82. The first-order chi connectivity index (χ1) is 17.0. The van der Waals surface area contributed by atoms with Crippen LogP contribution in [0, 0.1) is 25.1 Å². The van der Waals surface area contributed by atoms with Gasteiger partial charge in [0.15, 0.2) is 5.78 Å². The number of hydrogen-bond donors (Lipinski definition) is 2. The number of halogens is 4. The van der Waals surface area contributed by atoms with Crippen molar-refractivity contribution in [1.29, 1.82) is 0 Å². The predicted molar refractivity (Wildman–Crippen MR) is 125 cm³/mol. The van der Waals surface area contributed by atoms with Gasteiger partial charge < -0.3 is 10.6 Å². The molecule has 0 radical (unpaired) electrons. The van der Waals surface area contributed by atoms with Crippen molar-refractivity contribution < 1.29 is 27.2 Å². The molecule has 1 heterocycles. The van der Waals surface area contributed by atoms with Crippen molar-refractivity contribution >= 4 is 23.1 Å². The number of nitrogens with one attached hydrogen (secondary N) is 2. The van der Waals surface area contributed by atoms with Crippen LogP contribution in [0.5, 0.6) is 0 Å². The molecule has 0 atom stereocenters. The van der Waals surface area contributed by atoms with Crippen LogP contribution in [0.3, 0.4) is 0 Å². The van der Waals surface area contributed by atoms with E-state index in [1.54, 1.807) is 13.8 Å². The highest BCUT2D eigenvalue weighted by Crippen LogP contribution is 2.49. The van der Waals surface area contributed by atoms with E-state index in [1.165, 1.54) is 36.7 Å². The van der Waals surface area contributed by atoms with Crippen molar-refractivity contribution in [2.24, 2.45) is 5.41 Å². The maximum atomic E-state index is 14.7. The van der Waals surface area contributed by atoms with Gasteiger partial charge in [0.1, 0.15) is 11.6 Å². The molecule has 0 bridgehead atoms. The fraction of sp³-hybridized carbons (Fsp3) is 0.308. The highest BCUT2D eigenvalue weighted by atomic mass is 19.4. The highest BCUT2D eigenvalue weighted by molar-refractivity contribution is 6.00. The third kappa shape index (κ3) is 5.69. The molecule has 4 rings (SSSR count). The maximum Gasteiger partial charge on any atom is 0.418 e. The summed E-state index contributed by atoms with van der Waals surface area (Å²) in [5.74, 6) is -0.731. The van der Waals surface area contributed by atoms with E-state index >= 15 is 0 Å². The van der Waals surface area contributed by atoms with E-state index in [1.807, 2.05) is 0 Å². The monoisotopic (exact) mass is 500 g/mol. The molecule has 10 heteroatoms. The van der Waals surface area contributed by atoms with Crippen molar-refractivity contribution in [2.45, 2.75) is 45.8 Å². The molecule has 36 heavy (non-hydrogen) atoms. The zero-order chi connectivity index (χ0) is 26.1. The molecule has 0 aliphatic heterocycles. The molecular weight excluding hydrogens is 476 g/mol. The minimum atomic E-state index is -4.57. The van der Waals surface area contributed by atoms with Gasteiger partial charge in [-0.25, -0.2) is 14.4 Å². The molecule has 2 aromatic carbocycles. The molecule has 1 saturated carbocycles. The minimum Gasteiger partial charge on any atom is -0.355 e. The van der Waals surface area contributed by atoms with Crippen molar-refractivity contribution in [3.05, 3.63) is 82.7 Å². The molecule has 3 aromatic rings. The van der Waals surface area contributed by atoms with Gasteiger partial charge in [-0.1, -0.05) is 17.7 Å². The summed E-state index contributed by atoms with van der Waals surface area (Å²) in [5, 5.41) is 5.30. The fourth-order valence-electron chi connectivity index (χ4n) is 3.87. The van der Waals surface area contributed by atoms with Gasteiger partial charge in [0.2, 0.25) is 5.91 Å². The summed E-state index contributed by atoms with van der Waals surface area (Å²) >= 11 is 0. The Morgan fingerprint density at radius 2 is 1.72 bits per heavy atom. The molecule has 1 aliphatic rings. The number of aromatic nitrogens is 2. The van der Waals surface area contributed by atoms with Gasteiger partial charge in [0.05, 0.1) is 22.2 Å². The van der Waals surface area contributed by atoms with E-state index in [0.29, 0.717) is 29.8 Å². The summed E-state index contributed by atoms with van der Waals surface area (Å²) in [6.45, 7) is 3.14. The average Bonchev–Trinajstić information content (AvgIpc) is 3.60. The number of carbonyl (C=O) groups excluding carboxylic acids is 2. The van der Waals surface area contributed by atoms with Crippen LogP contribution >= 0.6 is 0 Å². The van der Waals surface area contributed by atoms with Crippen LogP contribution in [0.2, 0.25) is 0 Å². The number of aryl methyl sites for hydroxylation is 2. The Bertz CT molecular complexity index is 1300. The van der Waals surface area contributed by atoms with E-state index in [0.717, 1.165) is 12.1 Å². The molecular formula is C26H24F4N4O2. The number of alkyl halides is 3. The van der Waals surface area contributed by atoms with Crippen molar-refractivity contribution in [1.82, 2.24) is 15.3 Å². The Balaban J connectivity index is 1.39. The number of Topliss-reactive ketones (excluding diaryl/α,β-unsaturated/α-hetero) is 1. The summed E-state index contributed by atoms with van der Waals surface area (Å²) in [6, 6.07) is 7.76. The molecule has 1 fully saturated rings. The van der Waals surface area contributed by atoms with Crippen LogP contribution < -0.4 is 10.6 Å². The lowest BCUT2D eigenvalue weighted by Gasteiger charge is -2.17. The molecule has 1 aromatic heterocycles. The first-order valence-electron chi connectivity index (χ1n) is 11.3. The van der Waals surface area contributed by atoms with E-state index < -0.39 is 23.0 Å². The van der Waals surface area contributed by atoms with Gasteiger partial charge in [0, 0.05) is 36.6 Å². The molecule has 1 amide bonds. The molecule has 0 spiro atoms. The van der Waals surface area contributed by atoms with E-state index in [9.17, 15) is 27.2 Å². The SMILES string of the molecule is Cc1ccc(Nc2ccc(CNC(=O)C3(CC(=O)c4cnc(C)nc4)CC3)c(F)c2)c(C(F)(F)F)c1. The van der Waals surface area contributed by atoms with Gasteiger partial charge in [-0.3, -0.25) is 9.59 Å². The second-order valence-corrected chi connectivity index (χ2v) is 9.06. The standard InChI is InChI=1S/C26H24F4N4O2/c1-15-3-6-22(20(9-15)26(28,29)30)34-19-5-4-17(21(27)10-19)12-33-24(36)25(7-8-25)11-23(35)18-13-31-16(2)32-14-18/h3-6,9-10,13-14,34H,7-8,11-12H2,1-2H3,(H,33,36). The smallest absolute Gasteiger partial charge is 0.355 e. The average molecular weight is 500 g/mol. The zero-order valence-corrected chi connectivity index (χ0v) is 19.7. The first kappa shape index (κ1) is 25.3. The van der Waals surface area contributed by atoms with Gasteiger partial charge in [-0.15, -0.1) is 0 Å². The Morgan fingerprint density at radius 1 is 1.03 bits per heavy atom. The summed E-state index contributed by atoms with van der Waals surface area (Å²) < 4.78 is 54.8. The number of amides is 1. The lowest BCUT2D eigenvalue weighted by Crippen LogP contribution is -2.33. The quantitative estimate of drug-likeness (QED) is 0.308. The summed E-state index contributed by atoms with van der Waals surface area (Å²) in [5.41, 5.74) is -0.777. The first-order valence-corrected chi connectivity index (χ1v) is 11.3. The Labute approximate surface area is 205 Å². The number of carbonyl (C=O) groups is 2. The number of anilines is 2. The van der Waals surface area contributed by atoms with Crippen LogP contribution in [0.4, 0.5) is 28.9 Å². The van der Waals surface area contributed by atoms with Crippen molar-refractivity contribution in [3.8, 4) is 0 Å². The summed E-state index contributed by atoms with van der Waals surface area (Å²) in [6.07, 6.45) is -0.615. The van der Waals surface area contributed by atoms with Crippen LogP contribution in [-0.2, 0) is 17.5 Å². The van der Waals surface area contributed by atoms with E-state index in [2.05, 4.69) is 20.6 Å². The van der Waals surface area contributed by atoms with Gasteiger partial charge in [-0.05, 0) is 51.0 Å². The van der Waals surface area contributed by atoms with Crippen LogP contribution in [0.1, 0.15) is 52.1 Å². The van der Waals surface area contributed by atoms with Crippen LogP contribution in [0.25, 0.3) is 0 Å². The van der Waals surface area contributed by atoms with E-state index in [-0.39, 0.29) is 41.6 Å². The zero-order valence-electron chi connectivity index (χ0n) is 19.7. The topological polar surface area (TPSA) is 84.0 Å². The van der Waals surface area contributed by atoms with Crippen LogP contribution in [-0.4, -0.2) is 21.7 Å². The van der Waals surface area contributed by atoms with Gasteiger partial charge >= 0.3 is 6.18 Å². The number of nitrogens with zero attached hydrogens (tertiary/aromatic N) is 2. The summed E-state index contributed by atoms with van der Waals surface area (Å²) in [7, 11) is 0. The van der Waals surface area contributed by atoms with Crippen molar-refractivity contribution in [3.63, 3.8) is 0 Å². The lowest BCUT2D eigenvalue weighted by molar-refractivity contribution is -0.137. The predicted octanol–water partition coefficient (Wildman–Crippen LogP) is 5.66. The normalized spacial score (nSPS) is 14.3. The second kappa shape index (κ2) is 9.67. The molecule has 0 saturated heterocycles. The molecule has 188 valence electrons. The minimum absolute atomic E-state index is 0.00861. The maximum absolute atomic E-state index is 14.7. The molecule has 6 nitrogen and oxygen atoms in total. The molecule has 2 N–H and O–H groups in total. The Kier molecular flexibility index (Phi) is 6.79. The van der Waals surface area contributed by atoms with E-state index in [4.69, 9.17) is 0 Å². The van der Waals surface area contributed by atoms with Crippen molar-refractivity contribution in [2.75, 3.05) is 5.32 Å². The third-order valence-corrected chi connectivity index (χ3v) is 6.19.